The number of benzene rings is 1. The van der Waals surface area contributed by atoms with E-state index in [9.17, 15) is 4.79 Å². The van der Waals surface area contributed by atoms with Gasteiger partial charge in [-0.1, -0.05) is 42.8 Å². The molecule has 0 atom stereocenters. The molecule has 0 saturated carbocycles. The summed E-state index contributed by atoms with van der Waals surface area (Å²) in [7, 11) is 0. The predicted octanol–water partition coefficient (Wildman–Crippen LogP) is 4.53. The first-order valence-corrected chi connectivity index (χ1v) is 9.92. The number of amides is 1. The van der Waals surface area contributed by atoms with Crippen LogP contribution in [0.5, 0.6) is 0 Å². The minimum atomic E-state index is 0.0798. The van der Waals surface area contributed by atoms with Crippen molar-refractivity contribution in [2.24, 2.45) is 4.99 Å². The zero-order valence-electron chi connectivity index (χ0n) is 16.3. The number of carbonyl (C=O) groups excluding carboxylic acids is 1. The van der Waals surface area contributed by atoms with Crippen molar-refractivity contribution in [3.05, 3.63) is 65.0 Å². The maximum atomic E-state index is 12.8. The van der Waals surface area contributed by atoms with E-state index in [0.29, 0.717) is 18.1 Å². The van der Waals surface area contributed by atoms with E-state index in [1.807, 2.05) is 59.1 Å². The van der Waals surface area contributed by atoms with E-state index in [-0.39, 0.29) is 12.5 Å². The Bertz CT molecular complexity index is 926. The fourth-order valence-electron chi connectivity index (χ4n) is 3.15. The average molecular weight is 397 g/mol. The molecule has 146 valence electrons. The molecule has 1 aromatic carbocycles. The second-order valence-electron chi connectivity index (χ2n) is 6.67. The molecule has 1 aromatic heterocycles. The molecule has 0 fully saturated rings. The lowest BCUT2D eigenvalue weighted by molar-refractivity contribution is -0.131. The van der Waals surface area contributed by atoms with Crippen LogP contribution >= 0.6 is 11.6 Å². The molecule has 0 spiro atoms. The maximum absolute atomic E-state index is 12.8. The standard InChI is InChI=1S/C22H25ClN4O/c1-3-10-24-15-17-8-11-26(12-9-17)22(28)16-27-20(4-2)14-21(25-27)18-6-5-7-19(23)13-18/h3,5-8,10,13-15H,4,9,11-12,16H2,1-2H3. The van der Waals surface area contributed by atoms with Crippen LogP contribution in [0.1, 0.15) is 26.0 Å². The highest BCUT2D eigenvalue weighted by molar-refractivity contribution is 6.30. The highest BCUT2D eigenvalue weighted by Crippen LogP contribution is 2.23. The first-order valence-electron chi connectivity index (χ1n) is 9.54. The predicted molar refractivity (Wildman–Crippen MR) is 115 cm³/mol. The van der Waals surface area contributed by atoms with Crippen LogP contribution in [0.2, 0.25) is 5.02 Å². The monoisotopic (exact) mass is 396 g/mol. The first kappa shape index (κ1) is 20.1. The summed E-state index contributed by atoms with van der Waals surface area (Å²) in [6.07, 6.45) is 9.21. The molecule has 5 nitrogen and oxygen atoms in total. The van der Waals surface area contributed by atoms with Crippen LogP contribution in [0.25, 0.3) is 11.3 Å². The summed E-state index contributed by atoms with van der Waals surface area (Å²) >= 11 is 6.10. The Morgan fingerprint density at radius 2 is 2.21 bits per heavy atom. The number of carbonyl (C=O) groups is 1. The Hall–Kier alpha value is -2.66. The van der Waals surface area contributed by atoms with Crippen molar-refractivity contribution in [3.63, 3.8) is 0 Å². The van der Waals surface area contributed by atoms with Crippen molar-refractivity contribution in [2.75, 3.05) is 13.1 Å². The maximum Gasteiger partial charge on any atom is 0.244 e. The number of nitrogens with zero attached hydrogens (tertiary/aromatic N) is 4. The van der Waals surface area contributed by atoms with Crippen molar-refractivity contribution in [3.8, 4) is 11.3 Å². The van der Waals surface area contributed by atoms with E-state index in [0.717, 1.165) is 29.8 Å². The van der Waals surface area contributed by atoms with Gasteiger partial charge in [0.2, 0.25) is 5.91 Å². The van der Waals surface area contributed by atoms with Gasteiger partial charge in [0.1, 0.15) is 6.54 Å². The number of halogens is 1. The lowest BCUT2D eigenvalue weighted by Gasteiger charge is -2.25. The van der Waals surface area contributed by atoms with Crippen LogP contribution in [-0.4, -0.2) is 39.9 Å². The minimum absolute atomic E-state index is 0.0798. The van der Waals surface area contributed by atoms with Crippen molar-refractivity contribution in [2.45, 2.75) is 33.2 Å². The number of aliphatic imine (C=N–C) groups is 1. The van der Waals surface area contributed by atoms with Crippen molar-refractivity contribution in [1.29, 1.82) is 0 Å². The van der Waals surface area contributed by atoms with Crippen LogP contribution in [-0.2, 0) is 17.8 Å². The average Bonchev–Trinajstić information content (AvgIpc) is 3.11. The molecule has 1 aliphatic rings. The van der Waals surface area contributed by atoms with Crippen molar-refractivity contribution < 1.29 is 4.79 Å². The number of aryl methyl sites for hydroxylation is 1. The van der Waals surface area contributed by atoms with E-state index in [2.05, 4.69) is 23.1 Å². The SMILES string of the molecule is CC=CN=CC1=CCN(C(=O)Cn2nc(-c3cccc(Cl)c3)cc2CC)CC1. The Kier molecular flexibility index (Phi) is 6.82. The highest BCUT2D eigenvalue weighted by atomic mass is 35.5. The van der Waals surface area contributed by atoms with Crippen LogP contribution in [0.3, 0.4) is 0 Å². The molecule has 0 bridgehead atoms. The Labute approximate surface area is 171 Å². The lowest BCUT2D eigenvalue weighted by atomic mass is 10.1. The molecule has 0 radical (unpaired) electrons. The van der Waals surface area contributed by atoms with Gasteiger partial charge in [-0.05, 0) is 43.5 Å². The third-order valence-electron chi connectivity index (χ3n) is 4.70. The van der Waals surface area contributed by atoms with E-state index < -0.39 is 0 Å². The molecule has 1 amide bonds. The van der Waals surface area contributed by atoms with Gasteiger partial charge < -0.3 is 4.90 Å². The summed E-state index contributed by atoms with van der Waals surface area (Å²) in [5, 5.41) is 5.33. The Morgan fingerprint density at radius 3 is 2.89 bits per heavy atom. The van der Waals surface area contributed by atoms with E-state index in [1.54, 1.807) is 6.20 Å². The normalized spacial score (nSPS) is 14.8. The van der Waals surface area contributed by atoms with Gasteiger partial charge in [0.25, 0.3) is 0 Å². The molecular weight excluding hydrogens is 372 g/mol. The highest BCUT2D eigenvalue weighted by Gasteiger charge is 2.19. The van der Waals surface area contributed by atoms with Crippen LogP contribution in [0.4, 0.5) is 0 Å². The van der Waals surface area contributed by atoms with Gasteiger partial charge in [0, 0.05) is 41.8 Å². The van der Waals surface area contributed by atoms with Crippen LogP contribution in [0, 0.1) is 0 Å². The van der Waals surface area contributed by atoms with Gasteiger partial charge in [-0.15, -0.1) is 0 Å². The zero-order valence-corrected chi connectivity index (χ0v) is 17.1. The number of hydrogen-bond donors (Lipinski definition) is 0. The van der Waals surface area contributed by atoms with E-state index >= 15 is 0 Å². The molecule has 28 heavy (non-hydrogen) atoms. The first-order chi connectivity index (χ1) is 13.6. The second kappa shape index (κ2) is 9.51. The summed E-state index contributed by atoms with van der Waals surface area (Å²) < 4.78 is 1.81. The quantitative estimate of drug-likeness (QED) is 0.673. The fraction of sp³-hybridized carbons (Fsp3) is 0.318. The summed E-state index contributed by atoms with van der Waals surface area (Å²) in [4.78, 5) is 18.9. The fourth-order valence-corrected chi connectivity index (χ4v) is 3.34. The van der Waals surface area contributed by atoms with Crippen molar-refractivity contribution >= 4 is 23.7 Å². The van der Waals surface area contributed by atoms with Gasteiger partial charge in [-0.25, -0.2) is 0 Å². The Morgan fingerprint density at radius 1 is 1.36 bits per heavy atom. The molecule has 1 aliphatic heterocycles. The third kappa shape index (κ3) is 4.98. The summed E-state index contributed by atoms with van der Waals surface area (Å²) in [5.41, 5.74) is 4.00. The van der Waals surface area contributed by atoms with Gasteiger partial charge in [0.15, 0.2) is 0 Å². The molecule has 0 unspecified atom stereocenters. The molecule has 0 aliphatic carbocycles. The molecule has 0 saturated heterocycles. The number of hydrogen-bond acceptors (Lipinski definition) is 3. The number of aromatic nitrogens is 2. The molecular formula is C22H25ClN4O. The molecule has 2 aromatic rings. The van der Waals surface area contributed by atoms with Gasteiger partial charge >= 0.3 is 0 Å². The minimum Gasteiger partial charge on any atom is -0.337 e. The van der Waals surface area contributed by atoms with E-state index in [4.69, 9.17) is 11.6 Å². The van der Waals surface area contributed by atoms with Crippen LogP contribution < -0.4 is 0 Å². The number of allylic oxidation sites excluding steroid dienone is 1. The van der Waals surface area contributed by atoms with Crippen LogP contribution in [0.15, 0.2) is 59.2 Å². The largest absolute Gasteiger partial charge is 0.337 e. The molecule has 2 heterocycles. The molecule has 3 rings (SSSR count). The summed E-state index contributed by atoms with van der Waals surface area (Å²) in [6, 6.07) is 9.65. The van der Waals surface area contributed by atoms with E-state index in [1.165, 1.54) is 5.57 Å². The lowest BCUT2D eigenvalue weighted by Crippen LogP contribution is -2.37. The van der Waals surface area contributed by atoms with Gasteiger partial charge in [-0.3, -0.25) is 14.5 Å². The topological polar surface area (TPSA) is 50.5 Å². The summed E-state index contributed by atoms with van der Waals surface area (Å²) in [6.45, 7) is 5.57. The Balaban J connectivity index is 1.69. The zero-order chi connectivity index (χ0) is 19.9. The third-order valence-corrected chi connectivity index (χ3v) is 4.94. The van der Waals surface area contributed by atoms with Gasteiger partial charge in [-0.2, -0.15) is 5.10 Å². The van der Waals surface area contributed by atoms with Crippen molar-refractivity contribution in [1.82, 2.24) is 14.7 Å². The second-order valence-corrected chi connectivity index (χ2v) is 7.11. The van der Waals surface area contributed by atoms with Gasteiger partial charge in [0.05, 0.1) is 5.69 Å². The molecule has 0 N–H and O–H groups in total. The number of rotatable bonds is 6. The summed E-state index contributed by atoms with van der Waals surface area (Å²) in [5.74, 6) is 0.0798. The smallest absolute Gasteiger partial charge is 0.244 e. The molecule has 6 heteroatoms.